The van der Waals surface area contributed by atoms with E-state index in [2.05, 4.69) is 10.9 Å². The molecule has 7 nitrogen and oxygen atoms in total. The third-order valence-corrected chi connectivity index (χ3v) is 3.92. The molecule has 0 spiro atoms. The highest BCUT2D eigenvalue weighted by Gasteiger charge is 2.13. The molecule has 0 saturated heterocycles. The Balaban J connectivity index is 1.48. The summed E-state index contributed by atoms with van der Waals surface area (Å²) in [5, 5.41) is 0. The molecule has 1 heterocycles. The number of halogens is 1. The van der Waals surface area contributed by atoms with Crippen LogP contribution in [0.1, 0.15) is 21.9 Å². The van der Waals surface area contributed by atoms with E-state index < -0.39 is 11.8 Å². The molecule has 3 aromatic rings. The van der Waals surface area contributed by atoms with Crippen molar-refractivity contribution < 1.29 is 27.9 Å². The molecule has 0 fully saturated rings. The summed E-state index contributed by atoms with van der Waals surface area (Å²) in [6, 6.07) is 15.8. The van der Waals surface area contributed by atoms with Gasteiger partial charge in [0.2, 0.25) is 5.91 Å². The molecule has 0 atom stereocenters. The average molecular weight is 398 g/mol. The summed E-state index contributed by atoms with van der Waals surface area (Å²) in [6.07, 6.45) is -0.00326. The monoisotopic (exact) mass is 398 g/mol. The van der Waals surface area contributed by atoms with Gasteiger partial charge in [0.25, 0.3) is 0 Å². The van der Waals surface area contributed by atoms with Gasteiger partial charge in [-0.25, -0.2) is 4.39 Å². The number of hydrogen-bond acceptors (Lipinski definition) is 5. The highest BCUT2D eigenvalue weighted by atomic mass is 19.1. The molecule has 0 aliphatic rings. The standard InChI is InChI=1S/C21H19FN2O5/c1-27-17-4-2-3-5-18(17)28-13-16-10-11-19(29-16)21(26)24-23-20(25)12-14-6-8-15(22)9-7-14/h2-11H,12-13H2,1H3,(H,23,25)(H,24,26). The number of carbonyl (C=O) groups excluding carboxylic acids is 2. The summed E-state index contributed by atoms with van der Waals surface area (Å²) >= 11 is 0. The zero-order chi connectivity index (χ0) is 20.6. The van der Waals surface area contributed by atoms with Gasteiger partial charge >= 0.3 is 5.91 Å². The fraction of sp³-hybridized carbons (Fsp3) is 0.143. The summed E-state index contributed by atoms with van der Waals surface area (Å²) in [5.41, 5.74) is 5.17. The topological polar surface area (TPSA) is 89.8 Å². The maximum Gasteiger partial charge on any atom is 0.305 e. The molecule has 2 N–H and O–H groups in total. The summed E-state index contributed by atoms with van der Waals surface area (Å²) in [6.45, 7) is 0.102. The molecule has 0 bridgehead atoms. The lowest BCUT2D eigenvalue weighted by Gasteiger charge is -2.09. The second-order valence-corrected chi connectivity index (χ2v) is 6.01. The van der Waals surface area contributed by atoms with Gasteiger partial charge in [0.05, 0.1) is 13.5 Å². The van der Waals surface area contributed by atoms with Crippen LogP contribution in [-0.2, 0) is 17.8 Å². The molecule has 1 aromatic heterocycles. The van der Waals surface area contributed by atoms with Gasteiger partial charge in [0.1, 0.15) is 18.2 Å². The molecule has 0 aliphatic carbocycles. The zero-order valence-corrected chi connectivity index (χ0v) is 15.6. The van der Waals surface area contributed by atoms with E-state index in [0.29, 0.717) is 22.8 Å². The number of benzene rings is 2. The van der Waals surface area contributed by atoms with Crippen molar-refractivity contribution in [2.75, 3.05) is 7.11 Å². The fourth-order valence-corrected chi connectivity index (χ4v) is 2.48. The number of hydrogen-bond donors (Lipinski definition) is 2. The zero-order valence-electron chi connectivity index (χ0n) is 15.6. The molecular weight excluding hydrogens is 379 g/mol. The predicted octanol–water partition coefficient (Wildman–Crippen LogP) is 3.01. The lowest BCUT2D eigenvalue weighted by molar-refractivity contribution is -0.121. The van der Waals surface area contributed by atoms with Crippen molar-refractivity contribution in [1.82, 2.24) is 10.9 Å². The van der Waals surface area contributed by atoms with E-state index in [1.165, 1.54) is 30.3 Å². The first-order chi connectivity index (χ1) is 14.0. The molecule has 3 rings (SSSR count). The molecule has 29 heavy (non-hydrogen) atoms. The predicted molar refractivity (Wildman–Crippen MR) is 102 cm³/mol. The maximum absolute atomic E-state index is 12.9. The molecule has 150 valence electrons. The van der Waals surface area contributed by atoms with E-state index in [0.717, 1.165) is 0 Å². The molecule has 2 amide bonds. The van der Waals surface area contributed by atoms with Gasteiger partial charge in [-0.05, 0) is 42.0 Å². The van der Waals surface area contributed by atoms with Gasteiger partial charge in [0, 0.05) is 0 Å². The smallest absolute Gasteiger partial charge is 0.305 e. The van der Waals surface area contributed by atoms with Crippen LogP contribution in [0, 0.1) is 5.82 Å². The van der Waals surface area contributed by atoms with Crippen molar-refractivity contribution in [3.05, 3.63) is 83.6 Å². The minimum absolute atomic E-state index is 0.00326. The third-order valence-electron chi connectivity index (χ3n) is 3.92. The first-order valence-electron chi connectivity index (χ1n) is 8.73. The molecule has 0 unspecified atom stereocenters. The van der Waals surface area contributed by atoms with E-state index in [-0.39, 0.29) is 24.6 Å². The Labute approximate surface area is 166 Å². The summed E-state index contributed by atoms with van der Waals surface area (Å²) < 4.78 is 29.1. The number of hydrazine groups is 1. The van der Waals surface area contributed by atoms with Gasteiger partial charge < -0.3 is 13.9 Å². The van der Waals surface area contributed by atoms with Crippen molar-refractivity contribution in [1.29, 1.82) is 0 Å². The Hall–Kier alpha value is -3.81. The van der Waals surface area contributed by atoms with Gasteiger partial charge in [-0.2, -0.15) is 0 Å². The average Bonchev–Trinajstić information content (AvgIpc) is 3.21. The highest BCUT2D eigenvalue weighted by Crippen LogP contribution is 2.26. The number of carbonyl (C=O) groups is 2. The van der Waals surface area contributed by atoms with Crippen LogP contribution in [0.3, 0.4) is 0 Å². The SMILES string of the molecule is COc1ccccc1OCc1ccc(C(=O)NNC(=O)Cc2ccc(F)cc2)o1. The molecule has 0 saturated carbocycles. The summed E-state index contributed by atoms with van der Waals surface area (Å²) in [5.74, 6) is 0.138. The molecule has 0 radical (unpaired) electrons. The number of ether oxygens (including phenoxy) is 2. The number of methoxy groups -OCH3 is 1. The molecule has 0 aliphatic heterocycles. The second kappa shape index (κ2) is 9.41. The van der Waals surface area contributed by atoms with Crippen molar-refractivity contribution >= 4 is 11.8 Å². The normalized spacial score (nSPS) is 10.3. The van der Waals surface area contributed by atoms with Crippen molar-refractivity contribution in [2.45, 2.75) is 13.0 Å². The Morgan fingerprint density at radius 3 is 2.41 bits per heavy atom. The lowest BCUT2D eigenvalue weighted by Crippen LogP contribution is -2.42. The number of amides is 2. The summed E-state index contributed by atoms with van der Waals surface area (Å²) in [4.78, 5) is 24.0. The molecule has 8 heteroatoms. The number of rotatable bonds is 7. The van der Waals surface area contributed by atoms with Gasteiger partial charge in [-0.1, -0.05) is 24.3 Å². The Morgan fingerprint density at radius 1 is 0.966 bits per heavy atom. The van der Waals surface area contributed by atoms with Crippen LogP contribution in [0.5, 0.6) is 11.5 Å². The van der Waals surface area contributed by atoms with Crippen LogP contribution >= 0.6 is 0 Å². The van der Waals surface area contributed by atoms with Crippen LogP contribution in [0.4, 0.5) is 4.39 Å². The second-order valence-electron chi connectivity index (χ2n) is 6.01. The van der Waals surface area contributed by atoms with Crippen LogP contribution < -0.4 is 20.3 Å². The minimum Gasteiger partial charge on any atom is -0.493 e. The van der Waals surface area contributed by atoms with Gasteiger partial charge in [-0.15, -0.1) is 0 Å². The minimum atomic E-state index is -0.610. The van der Waals surface area contributed by atoms with Crippen LogP contribution in [0.15, 0.2) is 65.1 Å². The van der Waals surface area contributed by atoms with Crippen LogP contribution in [-0.4, -0.2) is 18.9 Å². The van der Waals surface area contributed by atoms with Gasteiger partial charge in [-0.3, -0.25) is 20.4 Å². The van der Waals surface area contributed by atoms with E-state index in [4.69, 9.17) is 13.9 Å². The Morgan fingerprint density at radius 2 is 1.69 bits per heavy atom. The fourth-order valence-electron chi connectivity index (χ4n) is 2.48. The summed E-state index contributed by atoms with van der Waals surface area (Å²) in [7, 11) is 1.54. The van der Waals surface area contributed by atoms with Crippen molar-refractivity contribution in [2.24, 2.45) is 0 Å². The number of furan rings is 1. The van der Waals surface area contributed by atoms with E-state index in [1.807, 2.05) is 12.1 Å². The quantitative estimate of drug-likeness (QED) is 0.597. The number of nitrogens with one attached hydrogen (secondary N) is 2. The Bertz CT molecular complexity index is 985. The van der Waals surface area contributed by atoms with Crippen LogP contribution in [0.2, 0.25) is 0 Å². The van der Waals surface area contributed by atoms with Gasteiger partial charge in [0.15, 0.2) is 17.3 Å². The number of para-hydroxylation sites is 2. The molecule has 2 aromatic carbocycles. The largest absolute Gasteiger partial charge is 0.493 e. The van der Waals surface area contributed by atoms with E-state index in [1.54, 1.807) is 25.3 Å². The Kier molecular flexibility index (Phi) is 6.47. The van der Waals surface area contributed by atoms with E-state index >= 15 is 0 Å². The third kappa shape index (κ3) is 5.58. The highest BCUT2D eigenvalue weighted by molar-refractivity contribution is 5.93. The lowest BCUT2D eigenvalue weighted by atomic mass is 10.1. The van der Waals surface area contributed by atoms with Crippen LogP contribution in [0.25, 0.3) is 0 Å². The maximum atomic E-state index is 12.9. The first-order valence-corrected chi connectivity index (χ1v) is 8.73. The molecular formula is C21H19FN2O5. The first kappa shape index (κ1) is 19.9. The van der Waals surface area contributed by atoms with Crippen molar-refractivity contribution in [3.8, 4) is 11.5 Å². The van der Waals surface area contributed by atoms with E-state index in [9.17, 15) is 14.0 Å². The van der Waals surface area contributed by atoms with Crippen molar-refractivity contribution in [3.63, 3.8) is 0 Å².